The molecule has 2 unspecified atom stereocenters. The van der Waals surface area contributed by atoms with E-state index in [2.05, 4.69) is 21.2 Å². The van der Waals surface area contributed by atoms with Gasteiger partial charge < -0.3 is 20.3 Å². The summed E-state index contributed by atoms with van der Waals surface area (Å²) in [5.74, 6) is -0.479. The van der Waals surface area contributed by atoms with E-state index in [-0.39, 0.29) is 11.8 Å². The van der Waals surface area contributed by atoms with Crippen LogP contribution in [0, 0.1) is 5.92 Å². The number of ether oxygens (including phenoxy) is 1. The predicted octanol–water partition coefficient (Wildman–Crippen LogP) is 1.90. The summed E-state index contributed by atoms with van der Waals surface area (Å²) in [4.78, 5) is 10.9. The Morgan fingerprint density at radius 1 is 1.56 bits per heavy atom. The predicted molar refractivity (Wildman–Crippen MR) is 68.8 cm³/mol. The molecule has 2 atom stereocenters. The van der Waals surface area contributed by atoms with Gasteiger partial charge in [0, 0.05) is 18.2 Å². The summed E-state index contributed by atoms with van der Waals surface area (Å²) in [5.41, 5.74) is 0.666. The number of hydrogen-bond acceptors (Lipinski definition) is 4. The summed E-state index contributed by atoms with van der Waals surface area (Å²) in [6, 6.07) is 3.12. The lowest BCUT2D eigenvalue weighted by molar-refractivity contribution is -0.141. The highest BCUT2D eigenvalue weighted by Gasteiger charge is 2.31. The number of methoxy groups -OCH3 is 1. The summed E-state index contributed by atoms with van der Waals surface area (Å²) in [5, 5.41) is 22.0. The number of phenolic OH excluding ortho intramolecular Hbond substituents is 1. The molecule has 1 fully saturated rings. The van der Waals surface area contributed by atoms with Crippen LogP contribution in [0.2, 0.25) is 0 Å². The van der Waals surface area contributed by atoms with Crippen LogP contribution in [0.4, 0.5) is 0 Å². The van der Waals surface area contributed by atoms with Crippen LogP contribution in [0.1, 0.15) is 18.0 Å². The molecule has 0 aliphatic carbocycles. The van der Waals surface area contributed by atoms with Crippen molar-refractivity contribution in [2.24, 2.45) is 5.92 Å². The van der Waals surface area contributed by atoms with Crippen LogP contribution in [-0.2, 0) is 4.79 Å². The van der Waals surface area contributed by atoms with E-state index in [0.717, 1.165) is 0 Å². The molecule has 1 heterocycles. The van der Waals surface area contributed by atoms with Crippen molar-refractivity contribution in [2.45, 2.75) is 12.5 Å². The SMILES string of the molecule is COc1cc(C2CC(C(=O)O)CN2)c(O)cc1Br. The summed E-state index contributed by atoms with van der Waals surface area (Å²) < 4.78 is 5.84. The van der Waals surface area contributed by atoms with Crippen LogP contribution >= 0.6 is 15.9 Å². The minimum Gasteiger partial charge on any atom is -0.508 e. The molecule has 1 aromatic rings. The normalized spacial score (nSPS) is 23.0. The lowest BCUT2D eigenvalue weighted by Crippen LogP contribution is -2.17. The average molecular weight is 316 g/mol. The Kier molecular flexibility index (Phi) is 3.77. The third-order valence-corrected chi connectivity index (χ3v) is 3.78. The van der Waals surface area contributed by atoms with Crippen molar-refractivity contribution in [1.82, 2.24) is 5.32 Å². The Morgan fingerprint density at radius 3 is 2.83 bits per heavy atom. The van der Waals surface area contributed by atoms with E-state index in [1.807, 2.05) is 0 Å². The fourth-order valence-electron chi connectivity index (χ4n) is 2.15. The van der Waals surface area contributed by atoms with Crippen molar-refractivity contribution in [3.63, 3.8) is 0 Å². The first-order chi connectivity index (χ1) is 8.52. The molecule has 0 saturated carbocycles. The van der Waals surface area contributed by atoms with E-state index >= 15 is 0 Å². The fourth-order valence-corrected chi connectivity index (χ4v) is 2.65. The molecule has 0 spiro atoms. The van der Waals surface area contributed by atoms with E-state index in [1.54, 1.807) is 19.2 Å². The highest BCUT2D eigenvalue weighted by atomic mass is 79.9. The molecule has 0 amide bonds. The summed E-state index contributed by atoms with van der Waals surface area (Å²) in [6.07, 6.45) is 0.466. The zero-order valence-electron chi connectivity index (χ0n) is 9.81. The highest BCUT2D eigenvalue weighted by Crippen LogP contribution is 2.38. The topological polar surface area (TPSA) is 78.8 Å². The van der Waals surface area contributed by atoms with Gasteiger partial charge in [0.05, 0.1) is 17.5 Å². The Hall–Kier alpha value is -1.27. The maximum atomic E-state index is 10.9. The molecule has 18 heavy (non-hydrogen) atoms. The smallest absolute Gasteiger partial charge is 0.307 e. The van der Waals surface area contributed by atoms with Gasteiger partial charge in [-0.05, 0) is 34.5 Å². The van der Waals surface area contributed by atoms with Crippen LogP contribution in [0.15, 0.2) is 16.6 Å². The van der Waals surface area contributed by atoms with E-state index in [1.165, 1.54) is 0 Å². The Balaban J connectivity index is 2.26. The van der Waals surface area contributed by atoms with Gasteiger partial charge in [-0.3, -0.25) is 4.79 Å². The van der Waals surface area contributed by atoms with Crippen LogP contribution in [0.5, 0.6) is 11.5 Å². The minimum atomic E-state index is -0.812. The molecule has 0 bridgehead atoms. The molecular formula is C12H14BrNO4. The van der Waals surface area contributed by atoms with E-state index in [0.29, 0.717) is 28.8 Å². The zero-order valence-corrected chi connectivity index (χ0v) is 11.4. The number of benzene rings is 1. The molecule has 1 saturated heterocycles. The largest absolute Gasteiger partial charge is 0.508 e. The number of nitrogens with one attached hydrogen (secondary N) is 1. The van der Waals surface area contributed by atoms with Gasteiger partial charge >= 0.3 is 5.97 Å². The Morgan fingerprint density at radius 2 is 2.28 bits per heavy atom. The highest BCUT2D eigenvalue weighted by molar-refractivity contribution is 9.10. The number of aromatic hydroxyl groups is 1. The first-order valence-electron chi connectivity index (χ1n) is 5.55. The van der Waals surface area contributed by atoms with Crippen LogP contribution in [0.3, 0.4) is 0 Å². The second kappa shape index (κ2) is 5.16. The van der Waals surface area contributed by atoms with Gasteiger partial charge in [0.1, 0.15) is 11.5 Å². The maximum Gasteiger partial charge on any atom is 0.307 e. The number of rotatable bonds is 3. The first kappa shape index (κ1) is 13.2. The van der Waals surface area contributed by atoms with Crippen molar-refractivity contribution in [3.05, 3.63) is 22.2 Å². The van der Waals surface area contributed by atoms with Gasteiger partial charge in [0.2, 0.25) is 0 Å². The second-order valence-corrected chi connectivity index (χ2v) is 5.13. The molecule has 5 nitrogen and oxygen atoms in total. The number of aliphatic carboxylic acids is 1. The molecule has 1 aliphatic heterocycles. The van der Waals surface area contributed by atoms with E-state index in [9.17, 15) is 9.90 Å². The number of carbonyl (C=O) groups is 1. The molecular weight excluding hydrogens is 302 g/mol. The number of carboxylic acids is 1. The van der Waals surface area contributed by atoms with Gasteiger partial charge in [-0.25, -0.2) is 0 Å². The monoisotopic (exact) mass is 315 g/mol. The van der Waals surface area contributed by atoms with Gasteiger partial charge in [0.25, 0.3) is 0 Å². The molecule has 2 rings (SSSR count). The third-order valence-electron chi connectivity index (χ3n) is 3.16. The molecule has 1 aliphatic rings. The van der Waals surface area contributed by atoms with Crippen LogP contribution < -0.4 is 10.1 Å². The first-order valence-corrected chi connectivity index (χ1v) is 6.34. The Bertz CT molecular complexity index is 477. The van der Waals surface area contributed by atoms with Crippen molar-refractivity contribution >= 4 is 21.9 Å². The van der Waals surface area contributed by atoms with Crippen molar-refractivity contribution in [3.8, 4) is 11.5 Å². The molecule has 3 N–H and O–H groups in total. The second-order valence-electron chi connectivity index (χ2n) is 4.28. The third kappa shape index (κ3) is 2.44. The van der Waals surface area contributed by atoms with Crippen molar-refractivity contribution in [2.75, 3.05) is 13.7 Å². The van der Waals surface area contributed by atoms with Gasteiger partial charge in [-0.2, -0.15) is 0 Å². The summed E-state index contributed by atoms with van der Waals surface area (Å²) in [6.45, 7) is 0.415. The van der Waals surface area contributed by atoms with Crippen LogP contribution in [-0.4, -0.2) is 29.8 Å². The van der Waals surface area contributed by atoms with Gasteiger partial charge in [-0.1, -0.05) is 0 Å². The molecule has 98 valence electrons. The van der Waals surface area contributed by atoms with Gasteiger partial charge in [-0.15, -0.1) is 0 Å². The molecule has 0 radical (unpaired) electrons. The number of phenols is 1. The van der Waals surface area contributed by atoms with Gasteiger partial charge in [0.15, 0.2) is 0 Å². The number of carboxylic acid groups (broad SMARTS) is 1. The van der Waals surface area contributed by atoms with Crippen molar-refractivity contribution < 1.29 is 19.7 Å². The quantitative estimate of drug-likeness (QED) is 0.794. The zero-order chi connectivity index (χ0) is 13.3. The molecule has 0 aromatic heterocycles. The standard InChI is InChI=1S/C12H14BrNO4/c1-18-11-3-7(10(15)4-8(11)13)9-2-6(5-14-9)12(16)17/h3-4,6,9,14-15H,2,5H2,1H3,(H,16,17). The maximum absolute atomic E-state index is 10.9. The Labute approximate surface area is 113 Å². The number of halogens is 1. The average Bonchev–Trinajstić information content (AvgIpc) is 2.78. The lowest BCUT2D eigenvalue weighted by atomic mass is 9.99. The fraction of sp³-hybridized carbons (Fsp3) is 0.417. The van der Waals surface area contributed by atoms with E-state index < -0.39 is 11.9 Å². The summed E-state index contributed by atoms with van der Waals surface area (Å²) >= 11 is 3.29. The molecule has 6 heteroatoms. The lowest BCUT2D eigenvalue weighted by Gasteiger charge is -2.15. The molecule has 1 aromatic carbocycles. The van der Waals surface area contributed by atoms with Crippen LogP contribution in [0.25, 0.3) is 0 Å². The van der Waals surface area contributed by atoms with Crippen molar-refractivity contribution in [1.29, 1.82) is 0 Å². The minimum absolute atomic E-state index is 0.131. The van der Waals surface area contributed by atoms with E-state index in [4.69, 9.17) is 9.84 Å². The number of hydrogen-bond donors (Lipinski definition) is 3. The summed E-state index contributed by atoms with van der Waals surface area (Å²) in [7, 11) is 1.54.